The summed E-state index contributed by atoms with van der Waals surface area (Å²) < 4.78 is 2.90. The zero-order chi connectivity index (χ0) is 21.9. The molecular weight excluding hydrogens is 457 g/mol. The minimum atomic E-state index is -1.84. The van der Waals surface area contributed by atoms with Gasteiger partial charge in [-0.1, -0.05) is 79.5 Å². The largest absolute Gasteiger partial charge is 0.465 e. The Labute approximate surface area is 192 Å². The third kappa shape index (κ3) is 9.85. The van der Waals surface area contributed by atoms with Crippen LogP contribution in [0, 0.1) is 0 Å². The molecule has 1 aromatic carbocycles. The lowest BCUT2D eigenvalue weighted by molar-refractivity contribution is -0.122. The molecule has 0 aromatic heterocycles. The normalized spacial score (nSPS) is 12.0. The maximum absolute atomic E-state index is 12.2. The Bertz CT molecular complexity index is 699. The van der Waals surface area contributed by atoms with E-state index in [0.717, 1.165) is 32.1 Å². The Morgan fingerprint density at radius 2 is 1.76 bits per heavy atom. The van der Waals surface area contributed by atoms with Crippen LogP contribution in [0.1, 0.15) is 55.8 Å². The minimum absolute atomic E-state index is 0.0703. The quantitative estimate of drug-likeness (QED) is 0.144. The first-order valence-corrected chi connectivity index (χ1v) is 10.8. The van der Waals surface area contributed by atoms with Crippen molar-refractivity contribution in [1.29, 1.82) is 0 Å². The Hall–Kier alpha value is -1.28. The van der Waals surface area contributed by atoms with E-state index < -0.39 is 15.9 Å². The van der Waals surface area contributed by atoms with Crippen LogP contribution in [0.3, 0.4) is 0 Å². The number of ether oxygens (including phenoxy) is 1. The van der Waals surface area contributed by atoms with Crippen molar-refractivity contribution >= 4 is 69.7 Å². The van der Waals surface area contributed by atoms with Gasteiger partial charge < -0.3 is 20.7 Å². The van der Waals surface area contributed by atoms with Gasteiger partial charge in [0.1, 0.15) is 6.17 Å². The van der Waals surface area contributed by atoms with E-state index in [4.69, 9.17) is 51.8 Å². The number of anilines is 1. The van der Waals surface area contributed by atoms with Gasteiger partial charge in [0.2, 0.25) is 9.70 Å². The molecule has 162 valence electrons. The zero-order valence-electron chi connectivity index (χ0n) is 16.4. The molecule has 29 heavy (non-hydrogen) atoms. The topological polar surface area (TPSA) is 79.5 Å². The van der Waals surface area contributed by atoms with Gasteiger partial charge in [0.25, 0.3) is 0 Å². The van der Waals surface area contributed by atoms with Crippen molar-refractivity contribution in [3.05, 3.63) is 29.8 Å². The van der Waals surface area contributed by atoms with Crippen molar-refractivity contribution in [2.24, 2.45) is 0 Å². The first-order valence-electron chi connectivity index (χ1n) is 9.30. The maximum atomic E-state index is 12.2. The molecule has 0 fully saturated rings. The van der Waals surface area contributed by atoms with Crippen LogP contribution in [-0.4, -0.2) is 34.1 Å². The van der Waals surface area contributed by atoms with E-state index in [0.29, 0.717) is 17.7 Å². The lowest BCUT2D eigenvalue weighted by atomic mass is 10.1. The summed E-state index contributed by atoms with van der Waals surface area (Å²) in [6.45, 7) is 2.13. The van der Waals surface area contributed by atoms with Crippen molar-refractivity contribution in [3.8, 4) is 0 Å². The molecule has 0 saturated carbocycles. The molecule has 1 amide bonds. The second-order valence-corrected chi connectivity index (χ2v) is 9.12. The number of hydrogen-bond donors (Lipinski definition) is 3. The third-order valence-electron chi connectivity index (χ3n) is 4.00. The molecule has 0 aliphatic carbocycles. The van der Waals surface area contributed by atoms with Crippen LogP contribution in [0.15, 0.2) is 24.3 Å². The molecule has 0 heterocycles. The number of benzene rings is 1. The number of carbonyl (C=O) groups excluding carboxylic acids is 2. The summed E-state index contributed by atoms with van der Waals surface area (Å²) in [5, 5.41) is 8.35. The predicted octanol–water partition coefficient (Wildman–Crippen LogP) is 4.93. The van der Waals surface area contributed by atoms with Crippen LogP contribution >= 0.6 is 47.0 Å². The highest BCUT2D eigenvalue weighted by Crippen LogP contribution is 2.29. The van der Waals surface area contributed by atoms with Crippen LogP contribution in [-0.2, 0) is 9.53 Å². The first-order chi connectivity index (χ1) is 13.7. The summed E-state index contributed by atoms with van der Waals surface area (Å²) in [6, 6.07) is 6.66. The van der Waals surface area contributed by atoms with E-state index in [2.05, 4.69) is 22.9 Å². The van der Waals surface area contributed by atoms with Gasteiger partial charge in [-0.3, -0.25) is 4.79 Å². The zero-order valence-corrected chi connectivity index (χ0v) is 19.5. The molecule has 0 bridgehead atoms. The smallest absolute Gasteiger partial charge is 0.339 e. The maximum Gasteiger partial charge on any atom is 0.339 e. The number of unbranched alkanes of at least 4 members (excludes halogenated alkanes) is 4. The van der Waals surface area contributed by atoms with Gasteiger partial charge in [0.15, 0.2) is 5.11 Å². The molecule has 10 heteroatoms. The first kappa shape index (κ1) is 25.8. The van der Waals surface area contributed by atoms with E-state index in [-0.39, 0.29) is 11.0 Å². The molecule has 0 radical (unpaired) electrons. The number of halogens is 3. The second-order valence-electron chi connectivity index (χ2n) is 6.34. The molecule has 3 N–H and O–H groups in total. The molecule has 1 atom stereocenters. The fourth-order valence-corrected chi connectivity index (χ4v) is 3.05. The van der Waals surface area contributed by atoms with Crippen LogP contribution in [0.4, 0.5) is 5.69 Å². The Morgan fingerprint density at radius 1 is 1.10 bits per heavy atom. The summed E-state index contributed by atoms with van der Waals surface area (Å²) in [7, 11) is 1.28. The van der Waals surface area contributed by atoms with E-state index in [1.807, 2.05) is 0 Å². The van der Waals surface area contributed by atoms with Gasteiger partial charge in [-0.2, -0.15) is 0 Å². The van der Waals surface area contributed by atoms with Crippen molar-refractivity contribution in [2.45, 2.75) is 55.4 Å². The highest BCUT2D eigenvalue weighted by atomic mass is 35.6. The van der Waals surface area contributed by atoms with Gasteiger partial charge in [0, 0.05) is 6.42 Å². The highest BCUT2D eigenvalue weighted by molar-refractivity contribution is 7.80. The Kier molecular flexibility index (Phi) is 11.6. The van der Waals surface area contributed by atoms with E-state index in [9.17, 15) is 9.59 Å². The van der Waals surface area contributed by atoms with Crippen molar-refractivity contribution in [1.82, 2.24) is 10.6 Å². The number of hydrogen-bond acceptors (Lipinski definition) is 4. The lowest BCUT2D eigenvalue weighted by Gasteiger charge is -2.28. The number of thiocarbonyl (C=S) groups is 1. The van der Waals surface area contributed by atoms with E-state index in [1.165, 1.54) is 7.11 Å². The van der Waals surface area contributed by atoms with Crippen molar-refractivity contribution in [2.75, 3.05) is 12.4 Å². The number of rotatable bonds is 10. The Morgan fingerprint density at radius 3 is 2.38 bits per heavy atom. The number of esters is 1. The van der Waals surface area contributed by atoms with Crippen LogP contribution < -0.4 is 16.0 Å². The van der Waals surface area contributed by atoms with E-state index in [1.54, 1.807) is 24.3 Å². The van der Waals surface area contributed by atoms with Crippen LogP contribution in [0.5, 0.6) is 0 Å². The molecular formula is C19H26Cl3N3O3S. The number of methoxy groups -OCH3 is 1. The number of alkyl halides is 3. The van der Waals surface area contributed by atoms with E-state index >= 15 is 0 Å². The standard InChI is InChI=1S/C19H26Cl3N3O3S/c1-3-4-5-6-7-12-15(26)24-17(19(20,21)22)25-18(29)23-14-11-9-8-10-13(14)16(27)28-2/h8-11,17H,3-7,12H2,1-2H3,(H,24,26)(H2,23,25,29)/t17-/m0/s1. The van der Waals surface area contributed by atoms with Crippen molar-refractivity contribution < 1.29 is 14.3 Å². The monoisotopic (exact) mass is 481 g/mol. The molecule has 0 aliphatic rings. The van der Waals surface area contributed by atoms with Crippen molar-refractivity contribution in [3.63, 3.8) is 0 Å². The Balaban J connectivity index is 2.69. The van der Waals surface area contributed by atoms with Gasteiger partial charge in [-0.25, -0.2) is 4.79 Å². The average Bonchev–Trinajstić information content (AvgIpc) is 2.66. The molecule has 1 rings (SSSR count). The molecule has 1 aromatic rings. The van der Waals surface area contributed by atoms with Gasteiger partial charge in [-0.15, -0.1) is 0 Å². The summed E-state index contributed by atoms with van der Waals surface area (Å²) in [5.41, 5.74) is 0.711. The highest BCUT2D eigenvalue weighted by Gasteiger charge is 2.34. The molecule has 0 aliphatic heterocycles. The minimum Gasteiger partial charge on any atom is -0.465 e. The number of para-hydroxylation sites is 1. The van der Waals surface area contributed by atoms with Gasteiger partial charge >= 0.3 is 5.97 Å². The molecule has 0 saturated heterocycles. The number of amides is 1. The molecule has 0 spiro atoms. The summed E-state index contributed by atoms with van der Waals surface area (Å²) >= 11 is 23.2. The van der Waals surface area contributed by atoms with Crippen LogP contribution in [0.25, 0.3) is 0 Å². The molecule has 6 nitrogen and oxygen atoms in total. The second kappa shape index (κ2) is 13.1. The van der Waals surface area contributed by atoms with Crippen LogP contribution in [0.2, 0.25) is 0 Å². The fraction of sp³-hybridized carbons (Fsp3) is 0.526. The predicted molar refractivity (Wildman–Crippen MR) is 123 cm³/mol. The average molecular weight is 483 g/mol. The number of nitrogens with one attached hydrogen (secondary N) is 3. The third-order valence-corrected chi connectivity index (χ3v) is 4.87. The number of carbonyl (C=O) groups is 2. The summed E-state index contributed by atoms with van der Waals surface area (Å²) in [4.78, 5) is 24.1. The fourth-order valence-electron chi connectivity index (χ4n) is 2.49. The van der Waals surface area contributed by atoms with Gasteiger partial charge in [0.05, 0.1) is 18.4 Å². The summed E-state index contributed by atoms with van der Waals surface area (Å²) in [5.74, 6) is -0.770. The summed E-state index contributed by atoms with van der Waals surface area (Å²) in [6.07, 6.45) is 4.37. The lowest BCUT2D eigenvalue weighted by Crippen LogP contribution is -2.56. The molecule has 0 unspecified atom stereocenters. The van der Waals surface area contributed by atoms with Gasteiger partial charge in [-0.05, 0) is 30.8 Å². The SMILES string of the molecule is CCCCCCCC(=O)N[C@@H](NC(=S)Nc1ccccc1C(=O)OC)C(Cl)(Cl)Cl.